The van der Waals surface area contributed by atoms with E-state index in [2.05, 4.69) is 6.92 Å². The summed E-state index contributed by atoms with van der Waals surface area (Å²) in [4.78, 5) is 1.96. The third kappa shape index (κ3) is 3.38. The molecule has 1 rings (SSSR count). The highest BCUT2D eigenvalue weighted by atomic mass is 35.5. The first-order chi connectivity index (χ1) is 7.70. The Kier molecular flexibility index (Phi) is 5.61. The maximum absolute atomic E-state index is 13.7. The molecule has 0 aliphatic heterocycles. The first kappa shape index (κ1) is 13.3. The fourth-order valence-corrected chi connectivity index (χ4v) is 2.02. The molecule has 0 amide bonds. The van der Waals surface area contributed by atoms with E-state index in [0.29, 0.717) is 11.6 Å². The Balaban J connectivity index is 2.76. The molecule has 0 aliphatic carbocycles. The first-order valence-electron chi connectivity index (χ1n) is 5.75. The molecule has 0 fully saturated rings. The second kappa shape index (κ2) is 6.74. The summed E-state index contributed by atoms with van der Waals surface area (Å²) in [7, 11) is 1.92. The maximum Gasteiger partial charge on any atom is 0.146 e. The van der Waals surface area contributed by atoms with Crippen LogP contribution in [-0.4, -0.2) is 13.6 Å². The number of halogens is 2. The van der Waals surface area contributed by atoms with Crippen molar-refractivity contribution in [2.45, 2.75) is 32.1 Å². The summed E-state index contributed by atoms with van der Waals surface area (Å²) in [6, 6.07) is 5.07. The molecule has 0 N–H and O–H groups in total. The lowest BCUT2D eigenvalue weighted by molar-refractivity contribution is 0.615. The lowest BCUT2D eigenvalue weighted by Crippen LogP contribution is -2.21. The highest BCUT2D eigenvalue weighted by molar-refractivity contribution is 6.17. The number of rotatable bonds is 6. The Labute approximate surface area is 102 Å². The lowest BCUT2D eigenvalue weighted by atomic mass is 10.1. The van der Waals surface area contributed by atoms with Crippen LogP contribution in [0.25, 0.3) is 0 Å². The van der Waals surface area contributed by atoms with Crippen LogP contribution in [-0.2, 0) is 5.88 Å². The summed E-state index contributed by atoms with van der Waals surface area (Å²) in [5.41, 5.74) is 1.51. The van der Waals surface area contributed by atoms with Gasteiger partial charge in [0, 0.05) is 19.5 Å². The minimum atomic E-state index is -0.183. The molecule has 0 saturated carbocycles. The topological polar surface area (TPSA) is 3.24 Å². The quantitative estimate of drug-likeness (QED) is 0.535. The number of unbranched alkanes of at least 4 members (excludes halogenated alkanes) is 2. The fraction of sp³-hybridized carbons (Fsp3) is 0.538. The standard InChI is InChI=1S/C13H19ClFN/c1-3-4-5-9-16(2)13-11(10-14)7-6-8-12(13)15/h6-8H,3-5,9-10H2,1-2H3. The minimum Gasteiger partial charge on any atom is -0.372 e. The van der Waals surface area contributed by atoms with Gasteiger partial charge < -0.3 is 4.90 Å². The van der Waals surface area contributed by atoms with Crippen LogP contribution in [0.4, 0.5) is 10.1 Å². The Hall–Kier alpha value is -0.760. The van der Waals surface area contributed by atoms with Crippen molar-refractivity contribution in [1.29, 1.82) is 0 Å². The van der Waals surface area contributed by atoms with Crippen LogP contribution in [0, 0.1) is 5.82 Å². The van der Waals surface area contributed by atoms with E-state index in [1.807, 2.05) is 18.0 Å². The number of benzene rings is 1. The van der Waals surface area contributed by atoms with Crippen molar-refractivity contribution in [3.63, 3.8) is 0 Å². The van der Waals surface area contributed by atoms with Gasteiger partial charge in [-0.1, -0.05) is 31.9 Å². The van der Waals surface area contributed by atoms with E-state index < -0.39 is 0 Å². The molecule has 0 spiro atoms. The maximum atomic E-state index is 13.7. The first-order valence-corrected chi connectivity index (χ1v) is 6.28. The van der Waals surface area contributed by atoms with E-state index in [1.54, 1.807) is 6.07 Å². The Morgan fingerprint density at radius 1 is 1.31 bits per heavy atom. The van der Waals surface area contributed by atoms with Gasteiger partial charge in [0.25, 0.3) is 0 Å². The lowest BCUT2D eigenvalue weighted by Gasteiger charge is -2.22. The SMILES string of the molecule is CCCCCN(C)c1c(F)cccc1CCl. The number of hydrogen-bond acceptors (Lipinski definition) is 1. The molecule has 0 unspecified atom stereocenters. The summed E-state index contributed by atoms with van der Waals surface area (Å²) in [5, 5.41) is 0. The monoisotopic (exact) mass is 243 g/mol. The molecule has 3 heteroatoms. The van der Waals surface area contributed by atoms with Crippen molar-refractivity contribution in [3.05, 3.63) is 29.6 Å². The van der Waals surface area contributed by atoms with Gasteiger partial charge in [-0.05, 0) is 18.1 Å². The number of hydrogen-bond donors (Lipinski definition) is 0. The van der Waals surface area contributed by atoms with Crippen molar-refractivity contribution < 1.29 is 4.39 Å². The van der Waals surface area contributed by atoms with E-state index in [0.717, 1.165) is 18.5 Å². The molecule has 90 valence electrons. The van der Waals surface area contributed by atoms with Crippen LogP contribution in [0.5, 0.6) is 0 Å². The van der Waals surface area contributed by atoms with Crippen LogP contribution in [0.2, 0.25) is 0 Å². The highest BCUT2D eigenvalue weighted by Gasteiger charge is 2.11. The summed E-state index contributed by atoms with van der Waals surface area (Å²) in [5.74, 6) is 0.169. The van der Waals surface area contributed by atoms with Gasteiger partial charge in [-0.25, -0.2) is 4.39 Å². The average molecular weight is 244 g/mol. The summed E-state index contributed by atoms with van der Waals surface area (Å²) < 4.78 is 13.7. The molecular weight excluding hydrogens is 225 g/mol. The predicted molar refractivity (Wildman–Crippen MR) is 68.8 cm³/mol. The van der Waals surface area contributed by atoms with Crippen LogP contribution in [0.3, 0.4) is 0 Å². The van der Waals surface area contributed by atoms with Gasteiger partial charge in [0.15, 0.2) is 0 Å². The van der Waals surface area contributed by atoms with Gasteiger partial charge >= 0.3 is 0 Å². The van der Waals surface area contributed by atoms with E-state index >= 15 is 0 Å². The fourth-order valence-electron chi connectivity index (χ4n) is 1.81. The van der Waals surface area contributed by atoms with Crippen molar-refractivity contribution in [2.75, 3.05) is 18.5 Å². The number of nitrogens with zero attached hydrogens (tertiary/aromatic N) is 1. The van der Waals surface area contributed by atoms with E-state index in [1.165, 1.54) is 18.9 Å². The zero-order valence-corrected chi connectivity index (χ0v) is 10.7. The van der Waals surface area contributed by atoms with Gasteiger partial charge in [0.05, 0.1) is 5.69 Å². The van der Waals surface area contributed by atoms with Crippen molar-refractivity contribution >= 4 is 17.3 Å². The molecule has 0 saturated heterocycles. The molecule has 0 atom stereocenters. The molecule has 1 aromatic rings. The third-order valence-electron chi connectivity index (χ3n) is 2.69. The normalized spacial score (nSPS) is 10.5. The largest absolute Gasteiger partial charge is 0.372 e. The second-order valence-corrected chi connectivity index (χ2v) is 4.28. The summed E-state index contributed by atoms with van der Waals surface area (Å²) >= 11 is 5.82. The second-order valence-electron chi connectivity index (χ2n) is 4.01. The van der Waals surface area contributed by atoms with Crippen molar-refractivity contribution in [1.82, 2.24) is 0 Å². The van der Waals surface area contributed by atoms with Crippen molar-refractivity contribution in [3.8, 4) is 0 Å². The Bertz CT molecular complexity index is 328. The molecule has 0 bridgehead atoms. The zero-order valence-electron chi connectivity index (χ0n) is 9.97. The van der Waals surface area contributed by atoms with Crippen LogP contribution >= 0.6 is 11.6 Å². The summed E-state index contributed by atoms with van der Waals surface area (Å²) in [6.07, 6.45) is 3.44. The van der Waals surface area contributed by atoms with E-state index in [4.69, 9.17) is 11.6 Å². The number of para-hydroxylation sites is 1. The minimum absolute atomic E-state index is 0.183. The van der Waals surface area contributed by atoms with Crippen LogP contribution in [0.1, 0.15) is 31.7 Å². The predicted octanol–water partition coefficient (Wildman–Crippen LogP) is 4.19. The van der Waals surface area contributed by atoms with E-state index in [-0.39, 0.29) is 5.82 Å². The molecule has 1 aromatic carbocycles. The molecule has 0 heterocycles. The molecular formula is C13H19ClFN. The van der Waals surface area contributed by atoms with Gasteiger partial charge in [-0.2, -0.15) is 0 Å². The van der Waals surface area contributed by atoms with Gasteiger partial charge in [0.2, 0.25) is 0 Å². The van der Waals surface area contributed by atoms with Crippen LogP contribution in [0.15, 0.2) is 18.2 Å². The molecule has 0 aliphatic rings. The van der Waals surface area contributed by atoms with Gasteiger partial charge in [-0.3, -0.25) is 0 Å². The Morgan fingerprint density at radius 2 is 2.06 bits per heavy atom. The average Bonchev–Trinajstić information content (AvgIpc) is 2.28. The smallest absolute Gasteiger partial charge is 0.146 e. The molecule has 1 nitrogen and oxygen atoms in total. The molecule has 0 aromatic heterocycles. The molecule has 16 heavy (non-hydrogen) atoms. The number of anilines is 1. The number of alkyl halides is 1. The van der Waals surface area contributed by atoms with E-state index in [9.17, 15) is 4.39 Å². The highest BCUT2D eigenvalue weighted by Crippen LogP contribution is 2.25. The van der Waals surface area contributed by atoms with Gasteiger partial charge in [-0.15, -0.1) is 11.6 Å². The zero-order chi connectivity index (χ0) is 12.0. The third-order valence-corrected chi connectivity index (χ3v) is 2.98. The summed E-state index contributed by atoms with van der Waals surface area (Å²) in [6.45, 7) is 3.03. The van der Waals surface area contributed by atoms with Gasteiger partial charge in [0.1, 0.15) is 5.82 Å². The van der Waals surface area contributed by atoms with Crippen LogP contribution < -0.4 is 4.90 Å². The molecule has 0 radical (unpaired) electrons. The Morgan fingerprint density at radius 3 is 2.69 bits per heavy atom. The van der Waals surface area contributed by atoms with Crippen molar-refractivity contribution in [2.24, 2.45) is 0 Å².